The maximum absolute atomic E-state index is 5.50. The Kier molecular flexibility index (Phi) is 5.47. The molecule has 0 radical (unpaired) electrons. The van der Waals surface area contributed by atoms with E-state index in [1.165, 1.54) is 18.4 Å². The van der Waals surface area contributed by atoms with Crippen LogP contribution in [0.2, 0.25) is 0 Å². The first-order valence-electron chi connectivity index (χ1n) is 6.39. The summed E-state index contributed by atoms with van der Waals surface area (Å²) in [5.74, 6) is 0.619. The molecule has 0 amide bonds. The van der Waals surface area contributed by atoms with Crippen LogP contribution in [0.4, 0.5) is 5.69 Å². The summed E-state index contributed by atoms with van der Waals surface area (Å²) in [6, 6.07) is 6.19. The Morgan fingerprint density at radius 1 is 1.50 bits per heavy atom. The molecule has 1 fully saturated rings. The SMILES string of the molecule is COCc1c(Br)cccc1NCC1CCCOC1. The van der Waals surface area contributed by atoms with Crippen molar-refractivity contribution in [1.82, 2.24) is 0 Å². The quantitative estimate of drug-likeness (QED) is 0.903. The van der Waals surface area contributed by atoms with Gasteiger partial charge in [0.25, 0.3) is 0 Å². The van der Waals surface area contributed by atoms with Crippen molar-refractivity contribution in [2.24, 2.45) is 5.92 Å². The van der Waals surface area contributed by atoms with E-state index in [9.17, 15) is 0 Å². The van der Waals surface area contributed by atoms with Crippen molar-refractivity contribution in [1.29, 1.82) is 0 Å². The summed E-state index contributed by atoms with van der Waals surface area (Å²) < 4.78 is 11.8. The molecule has 1 saturated heterocycles. The molecule has 0 spiro atoms. The number of hydrogen-bond acceptors (Lipinski definition) is 3. The second-order valence-corrected chi connectivity index (χ2v) is 5.52. The fourth-order valence-electron chi connectivity index (χ4n) is 2.24. The third-order valence-corrected chi connectivity index (χ3v) is 3.99. The number of methoxy groups -OCH3 is 1. The second-order valence-electron chi connectivity index (χ2n) is 4.66. The van der Waals surface area contributed by atoms with E-state index in [0.717, 1.165) is 29.9 Å². The van der Waals surface area contributed by atoms with Gasteiger partial charge in [-0.1, -0.05) is 22.0 Å². The van der Waals surface area contributed by atoms with E-state index in [1.807, 2.05) is 12.1 Å². The molecular formula is C14H20BrNO2. The van der Waals surface area contributed by atoms with Gasteiger partial charge in [0.2, 0.25) is 0 Å². The molecule has 1 heterocycles. The number of rotatable bonds is 5. The van der Waals surface area contributed by atoms with Crippen molar-refractivity contribution in [3.63, 3.8) is 0 Å². The lowest BCUT2D eigenvalue weighted by molar-refractivity contribution is 0.0595. The molecule has 1 unspecified atom stereocenters. The molecule has 1 atom stereocenters. The first-order chi connectivity index (χ1) is 8.81. The molecule has 18 heavy (non-hydrogen) atoms. The van der Waals surface area contributed by atoms with E-state index < -0.39 is 0 Å². The average Bonchev–Trinajstić information content (AvgIpc) is 2.41. The van der Waals surface area contributed by atoms with Crippen molar-refractivity contribution in [2.45, 2.75) is 19.4 Å². The molecule has 1 aliphatic rings. The normalized spacial score (nSPS) is 19.8. The van der Waals surface area contributed by atoms with Gasteiger partial charge in [-0.15, -0.1) is 0 Å². The van der Waals surface area contributed by atoms with E-state index in [1.54, 1.807) is 7.11 Å². The zero-order chi connectivity index (χ0) is 12.8. The van der Waals surface area contributed by atoms with Crippen LogP contribution in [0.25, 0.3) is 0 Å². The standard InChI is InChI=1S/C14H20BrNO2/c1-17-10-12-13(15)5-2-6-14(12)16-8-11-4-3-7-18-9-11/h2,5-6,11,16H,3-4,7-10H2,1H3. The minimum absolute atomic E-state index is 0.616. The third kappa shape index (κ3) is 3.70. The van der Waals surface area contributed by atoms with Gasteiger partial charge in [0.15, 0.2) is 0 Å². The lowest BCUT2D eigenvalue weighted by Gasteiger charge is -2.23. The Balaban J connectivity index is 1.97. The van der Waals surface area contributed by atoms with Crippen molar-refractivity contribution in [2.75, 3.05) is 32.2 Å². The highest BCUT2D eigenvalue weighted by Gasteiger charge is 2.14. The number of halogens is 1. The van der Waals surface area contributed by atoms with E-state index in [2.05, 4.69) is 27.3 Å². The van der Waals surface area contributed by atoms with Crippen LogP contribution in [0, 0.1) is 5.92 Å². The molecule has 0 aliphatic carbocycles. The van der Waals surface area contributed by atoms with Gasteiger partial charge in [-0.3, -0.25) is 0 Å². The smallest absolute Gasteiger partial charge is 0.0744 e. The van der Waals surface area contributed by atoms with Crippen molar-refractivity contribution in [3.8, 4) is 0 Å². The zero-order valence-electron chi connectivity index (χ0n) is 10.7. The van der Waals surface area contributed by atoms with Crippen LogP contribution < -0.4 is 5.32 Å². The number of hydrogen-bond donors (Lipinski definition) is 1. The van der Waals surface area contributed by atoms with Crippen LogP contribution in [0.1, 0.15) is 18.4 Å². The molecule has 0 aromatic heterocycles. The minimum atomic E-state index is 0.616. The largest absolute Gasteiger partial charge is 0.384 e. The lowest BCUT2D eigenvalue weighted by Crippen LogP contribution is -2.24. The summed E-state index contributed by atoms with van der Waals surface area (Å²) in [4.78, 5) is 0. The first-order valence-corrected chi connectivity index (χ1v) is 7.18. The van der Waals surface area contributed by atoms with Crippen molar-refractivity contribution < 1.29 is 9.47 Å². The predicted octanol–water partition coefficient (Wildman–Crippen LogP) is 3.43. The highest BCUT2D eigenvalue weighted by atomic mass is 79.9. The number of benzene rings is 1. The van der Waals surface area contributed by atoms with Gasteiger partial charge < -0.3 is 14.8 Å². The van der Waals surface area contributed by atoms with E-state index in [4.69, 9.17) is 9.47 Å². The van der Waals surface area contributed by atoms with Gasteiger partial charge in [-0.25, -0.2) is 0 Å². The molecule has 0 saturated carbocycles. The van der Waals surface area contributed by atoms with Gasteiger partial charge in [0, 0.05) is 36.0 Å². The average molecular weight is 314 g/mol. The molecule has 4 heteroatoms. The van der Waals surface area contributed by atoms with Crippen LogP contribution in [-0.4, -0.2) is 26.9 Å². The van der Waals surface area contributed by atoms with Gasteiger partial charge >= 0.3 is 0 Å². The summed E-state index contributed by atoms with van der Waals surface area (Å²) in [6.07, 6.45) is 2.43. The van der Waals surface area contributed by atoms with Crippen LogP contribution >= 0.6 is 15.9 Å². The van der Waals surface area contributed by atoms with E-state index in [0.29, 0.717) is 12.5 Å². The molecule has 2 rings (SSSR count). The summed E-state index contributed by atoms with van der Waals surface area (Å²) in [5, 5.41) is 3.52. The molecule has 1 aromatic rings. The molecule has 3 nitrogen and oxygen atoms in total. The maximum Gasteiger partial charge on any atom is 0.0744 e. The van der Waals surface area contributed by atoms with Crippen LogP contribution in [-0.2, 0) is 16.1 Å². The number of anilines is 1. The van der Waals surface area contributed by atoms with Crippen LogP contribution in [0.5, 0.6) is 0 Å². The first kappa shape index (κ1) is 13.8. The lowest BCUT2D eigenvalue weighted by atomic mass is 10.0. The van der Waals surface area contributed by atoms with E-state index >= 15 is 0 Å². The fourth-order valence-corrected chi connectivity index (χ4v) is 2.72. The monoisotopic (exact) mass is 313 g/mol. The molecule has 1 aromatic carbocycles. The second kappa shape index (κ2) is 7.12. The predicted molar refractivity (Wildman–Crippen MR) is 76.9 cm³/mol. The minimum Gasteiger partial charge on any atom is -0.384 e. The Hall–Kier alpha value is -0.580. The van der Waals surface area contributed by atoms with Crippen molar-refractivity contribution in [3.05, 3.63) is 28.2 Å². The highest BCUT2D eigenvalue weighted by molar-refractivity contribution is 9.10. The topological polar surface area (TPSA) is 30.5 Å². The molecule has 0 bridgehead atoms. The zero-order valence-corrected chi connectivity index (χ0v) is 12.3. The maximum atomic E-state index is 5.50. The van der Waals surface area contributed by atoms with Gasteiger partial charge in [-0.2, -0.15) is 0 Å². The number of nitrogens with one attached hydrogen (secondary N) is 1. The van der Waals surface area contributed by atoms with Crippen LogP contribution in [0.3, 0.4) is 0 Å². The van der Waals surface area contributed by atoms with Gasteiger partial charge in [0.05, 0.1) is 13.2 Å². The Morgan fingerprint density at radius 2 is 2.39 bits per heavy atom. The Labute approximate surface area is 117 Å². The van der Waals surface area contributed by atoms with Gasteiger partial charge in [-0.05, 0) is 30.9 Å². The Bertz CT molecular complexity index is 378. The van der Waals surface area contributed by atoms with E-state index in [-0.39, 0.29) is 0 Å². The summed E-state index contributed by atoms with van der Waals surface area (Å²) in [6.45, 7) is 3.38. The Morgan fingerprint density at radius 3 is 3.11 bits per heavy atom. The fraction of sp³-hybridized carbons (Fsp3) is 0.571. The summed E-state index contributed by atoms with van der Waals surface area (Å²) in [7, 11) is 1.72. The molecule has 100 valence electrons. The van der Waals surface area contributed by atoms with Gasteiger partial charge in [0.1, 0.15) is 0 Å². The highest BCUT2D eigenvalue weighted by Crippen LogP contribution is 2.26. The summed E-state index contributed by atoms with van der Waals surface area (Å²) in [5.41, 5.74) is 2.33. The molecule has 1 N–H and O–H groups in total. The van der Waals surface area contributed by atoms with Crippen molar-refractivity contribution >= 4 is 21.6 Å². The van der Waals surface area contributed by atoms with Crippen LogP contribution in [0.15, 0.2) is 22.7 Å². The third-order valence-electron chi connectivity index (χ3n) is 3.24. The molecule has 1 aliphatic heterocycles. The summed E-state index contributed by atoms with van der Waals surface area (Å²) >= 11 is 3.57. The molecular weight excluding hydrogens is 294 g/mol. The number of ether oxygens (including phenoxy) is 2.